The van der Waals surface area contributed by atoms with E-state index in [0.29, 0.717) is 29.1 Å². The summed E-state index contributed by atoms with van der Waals surface area (Å²) in [7, 11) is 0. The summed E-state index contributed by atoms with van der Waals surface area (Å²) >= 11 is 0. The second kappa shape index (κ2) is 7.89. The van der Waals surface area contributed by atoms with Gasteiger partial charge in [0.2, 0.25) is 0 Å². The molecule has 1 heterocycles. The van der Waals surface area contributed by atoms with Crippen LogP contribution in [-0.4, -0.2) is 23.0 Å². The minimum atomic E-state index is -0.909. The maximum absolute atomic E-state index is 13.8. The molecule has 7 heteroatoms. The summed E-state index contributed by atoms with van der Waals surface area (Å²) in [4.78, 5) is 13.6. The lowest BCUT2D eigenvalue weighted by molar-refractivity contribution is -0.131. The Bertz CT molecular complexity index is 1000. The number of rotatable bonds is 3. The Morgan fingerprint density at radius 1 is 1.03 bits per heavy atom. The molecule has 0 spiro atoms. The molecular weight excluding hydrogens is 436 g/mol. The molecule has 5 nitrogen and oxygen atoms in total. The molecule has 0 saturated heterocycles. The molecule has 0 amide bonds. The fourth-order valence-corrected chi connectivity index (χ4v) is 9.05. The Labute approximate surface area is 200 Å². The summed E-state index contributed by atoms with van der Waals surface area (Å²) < 4.78 is 27.4. The van der Waals surface area contributed by atoms with Crippen molar-refractivity contribution < 1.29 is 18.7 Å². The first-order chi connectivity index (χ1) is 16.2. The van der Waals surface area contributed by atoms with Crippen LogP contribution in [0.5, 0.6) is 0 Å². The van der Waals surface area contributed by atoms with Gasteiger partial charge in [0.05, 0.1) is 23.5 Å². The average molecular weight is 474 g/mol. The van der Waals surface area contributed by atoms with E-state index in [1.165, 1.54) is 19.3 Å². The van der Waals surface area contributed by atoms with Crippen LogP contribution in [0.1, 0.15) is 71.6 Å². The Hall–Kier alpha value is -1.73. The Balaban J connectivity index is 1.17. The van der Waals surface area contributed by atoms with Crippen molar-refractivity contribution in [1.82, 2.24) is 5.53 Å². The van der Waals surface area contributed by atoms with E-state index in [2.05, 4.69) is 17.9 Å². The monoisotopic (exact) mass is 473 g/mol. The van der Waals surface area contributed by atoms with Gasteiger partial charge in [-0.25, -0.2) is 8.78 Å². The summed E-state index contributed by atoms with van der Waals surface area (Å²) in [5, 5.41) is 12.2. The highest BCUT2D eigenvalue weighted by Crippen LogP contribution is 2.64. The largest absolute Gasteiger partial charge is 0.390 e. The van der Waals surface area contributed by atoms with Crippen molar-refractivity contribution >= 4 is 17.2 Å². The van der Waals surface area contributed by atoms with Crippen molar-refractivity contribution in [2.75, 3.05) is 17.0 Å². The number of nitrogens with one attached hydrogen (secondary N) is 2. The zero-order valence-corrected chi connectivity index (χ0v) is 20.2. The van der Waals surface area contributed by atoms with E-state index in [1.54, 1.807) is 5.01 Å². The van der Waals surface area contributed by atoms with Crippen LogP contribution in [0.3, 0.4) is 0 Å². The van der Waals surface area contributed by atoms with E-state index in [4.69, 9.17) is 0 Å². The molecule has 1 unspecified atom stereocenters. The third kappa shape index (κ3) is 3.48. The lowest BCUT2D eigenvalue weighted by Gasteiger charge is -2.56. The lowest BCUT2D eigenvalue weighted by Crippen LogP contribution is -2.51. The van der Waals surface area contributed by atoms with Crippen molar-refractivity contribution in [3.05, 3.63) is 23.8 Å². The van der Waals surface area contributed by atoms with Gasteiger partial charge in [-0.05, 0) is 99.7 Å². The highest BCUT2D eigenvalue weighted by Gasteiger charge is 2.58. The molecule has 8 atom stereocenters. The molecule has 0 aromatic heterocycles. The summed E-state index contributed by atoms with van der Waals surface area (Å²) in [6.07, 6.45) is 9.81. The van der Waals surface area contributed by atoms with Crippen LogP contribution in [-0.2, 0) is 4.79 Å². The quantitative estimate of drug-likeness (QED) is 0.563. The zero-order chi connectivity index (χ0) is 23.8. The molecule has 0 bridgehead atoms. The second-order valence-corrected chi connectivity index (χ2v) is 12.4. The third-order valence-electron chi connectivity index (χ3n) is 10.6. The van der Waals surface area contributed by atoms with Gasteiger partial charge < -0.3 is 10.5 Å². The van der Waals surface area contributed by atoms with Crippen LogP contribution >= 0.6 is 0 Å². The number of Topliss-reactive ketones (excluding diaryl/α,β-unsaturated/α-hetero) is 1. The normalized spacial score (nSPS) is 42.9. The van der Waals surface area contributed by atoms with Crippen molar-refractivity contribution in [1.29, 1.82) is 0 Å². The molecule has 4 aliphatic carbocycles. The molecule has 4 saturated carbocycles. The first-order valence-corrected chi connectivity index (χ1v) is 13.2. The Kier molecular flexibility index (Phi) is 5.27. The molecule has 3 N–H and O–H groups in total. The van der Waals surface area contributed by atoms with Crippen molar-refractivity contribution in [2.24, 2.45) is 40.9 Å². The molecule has 6 rings (SSSR count). The Morgan fingerprint density at radius 2 is 1.79 bits per heavy atom. The minimum absolute atomic E-state index is 0.0133. The predicted molar refractivity (Wildman–Crippen MR) is 127 cm³/mol. The number of carbonyl (C=O) groups excluding carboxylic acids is 1. The van der Waals surface area contributed by atoms with E-state index >= 15 is 0 Å². The van der Waals surface area contributed by atoms with Gasteiger partial charge in [-0.3, -0.25) is 9.80 Å². The number of benzene rings is 1. The number of halogens is 2. The van der Waals surface area contributed by atoms with Crippen LogP contribution in [0.25, 0.3) is 0 Å². The summed E-state index contributed by atoms with van der Waals surface area (Å²) in [6, 6.07) is 2.27. The summed E-state index contributed by atoms with van der Waals surface area (Å²) in [5.41, 5.74) is 6.21. The van der Waals surface area contributed by atoms with Crippen LogP contribution < -0.4 is 16.0 Å². The molecular formula is C27H37F2N3O2. The van der Waals surface area contributed by atoms with E-state index in [-0.39, 0.29) is 23.7 Å². The Morgan fingerprint density at radius 3 is 2.62 bits per heavy atom. The predicted octanol–water partition coefficient (Wildman–Crippen LogP) is 5.21. The minimum Gasteiger partial charge on any atom is -0.390 e. The van der Waals surface area contributed by atoms with Crippen molar-refractivity contribution in [3.63, 3.8) is 0 Å². The highest BCUT2D eigenvalue weighted by atomic mass is 19.2. The molecule has 0 radical (unpaired) electrons. The molecule has 5 aliphatic rings. The van der Waals surface area contributed by atoms with Crippen LogP contribution in [0.4, 0.5) is 20.2 Å². The van der Waals surface area contributed by atoms with Gasteiger partial charge in [-0.2, -0.15) is 0 Å². The average Bonchev–Trinajstić information content (AvgIpc) is 3.33. The first-order valence-electron chi connectivity index (χ1n) is 13.2. The molecule has 186 valence electrons. The van der Waals surface area contributed by atoms with E-state index < -0.39 is 17.2 Å². The molecule has 4 fully saturated rings. The topological polar surface area (TPSA) is 64.6 Å². The number of fused-ring (bicyclic) bond motifs is 6. The van der Waals surface area contributed by atoms with E-state index in [9.17, 15) is 18.7 Å². The van der Waals surface area contributed by atoms with Gasteiger partial charge in [0, 0.05) is 18.1 Å². The lowest BCUT2D eigenvalue weighted by atomic mass is 9.49. The maximum atomic E-state index is 13.8. The SMILES string of the molecule is CC12CC[C@H]3[C@@H](CC[C@@H]4C[C@](C)(O)CC[C@@H]43)[C@@H]1CC[C@@H]2C(=O)CN1NNc2cc(F)c(F)cc21. The van der Waals surface area contributed by atoms with Gasteiger partial charge in [-0.15, -0.1) is 5.53 Å². The number of hydrogen-bond acceptors (Lipinski definition) is 5. The van der Waals surface area contributed by atoms with Gasteiger partial charge in [-0.1, -0.05) is 6.92 Å². The number of hydrazine groups is 2. The molecule has 1 aliphatic heterocycles. The van der Waals surface area contributed by atoms with Crippen LogP contribution in [0.15, 0.2) is 12.1 Å². The molecule has 1 aromatic carbocycles. The highest BCUT2D eigenvalue weighted by molar-refractivity contribution is 5.88. The van der Waals surface area contributed by atoms with Crippen molar-refractivity contribution in [3.8, 4) is 0 Å². The van der Waals surface area contributed by atoms with Crippen molar-refractivity contribution in [2.45, 2.75) is 77.2 Å². The third-order valence-corrected chi connectivity index (χ3v) is 10.6. The number of carbonyl (C=O) groups is 1. The summed E-state index contributed by atoms with van der Waals surface area (Å²) in [6.45, 7) is 4.50. The summed E-state index contributed by atoms with van der Waals surface area (Å²) in [5.74, 6) is 1.83. The maximum Gasteiger partial charge on any atom is 0.161 e. The van der Waals surface area contributed by atoms with E-state index in [0.717, 1.165) is 62.5 Å². The van der Waals surface area contributed by atoms with Crippen LogP contribution in [0, 0.1) is 52.6 Å². The van der Waals surface area contributed by atoms with Gasteiger partial charge >= 0.3 is 0 Å². The van der Waals surface area contributed by atoms with Gasteiger partial charge in [0.1, 0.15) is 0 Å². The van der Waals surface area contributed by atoms with Gasteiger partial charge in [0.15, 0.2) is 17.4 Å². The molecule has 1 aromatic rings. The van der Waals surface area contributed by atoms with Crippen LogP contribution in [0.2, 0.25) is 0 Å². The van der Waals surface area contributed by atoms with Gasteiger partial charge in [0.25, 0.3) is 0 Å². The fourth-order valence-electron chi connectivity index (χ4n) is 9.05. The standard InChI is InChI=1S/C27H37F2N3O2/c1-26(34)9-7-16-15(13-26)3-4-18-17(16)8-10-27(2)19(18)5-6-20(27)25(33)14-32-24-12-22(29)21(28)11-23(24)30-31-32/h11-12,15-20,30-31,34H,3-10,13-14H2,1-2H3/t15-,16+,17-,18-,19+,20-,26-,27?/m1/s1. The number of ketones is 1. The smallest absolute Gasteiger partial charge is 0.161 e. The van der Waals surface area contributed by atoms with E-state index in [1.807, 2.05) is 6.92 Å². The molecule has 34 heavy (non-hydrogen) atoms. The number of aliphatic hydroxyl groups is 1. The fraction of sp³-hybridized carbons (Fsp3) is 0.741. The second-order valence-electron chi connectivity index (χ2n) is 12.4. The number of hydrogen-bond donors (Lipinski definition) is 3. The number of nitrogens with zero attached hydrogens (tertiary/aromatic N) is 1. The first kappa shape index (κ1) is 22.7. The zero-order valence-electron chi connectivity index (χ0n) is 20.2. The number of anilines is 2.